The summed E-state index contributed by atoms with van der Waals surface area (Å²) in [4.78, 5) is 44.0. The molecular formula is C27H32ClN5O7S2. The highest BCUT2D eigenvalue weighted by Crippen LogP contribution is 2.31. The molecule has 42 heavy (non-hydrogen) atoms. The Hall–Kier alpha value is -3.30. The van der Waals surface area contributed by atoms with E-state index >= 15 is 0 Å². The third-order valence-corrected chi connectivity index (χ3v) is 9.56. The molecule has 0 spiro atoms. The topological polar surface area (TPSA) is 160 Å². The second-order valence-corrected chi connectivity index (χ2v) is 13.0. The van der Waals surface area contributed by atoms with Crippen molar-refractivity contribution < 1.29 is 32.6 Å². The lowest BCUT2D eigenvalue weighted by atomic mass is 10.1. The molecule has 1 aliphatic heterocycles. The zero-order valence-electron chi connectivity index (χ0n) is 23.1. The molecule has 12 nitrogen and oxygen atoms in total. The summed E-state index contributed by atoms with van der Waals surface area (Å²) >= 11 is 6.97. The second-order valence-electron chi connectivity index (χ2n) is 9.61. The number of carbonyl (C=O) groups is 3. The zero-order valence-corrected chi connectivity index (χ0v) is 25.5. The van der Waals surface area contributed by atoms with Gasteiger partial charge in [0.05, 0.1) is 20.7 Å². The molecule has 2 aromatic heterocycles. The van der Waals surface area contributed by atoms with Crippen LogP contribution in [0.15, 0.2) is 47.6 Å². The lowest BCUT2D eigenvalue weighted by molar-refractivity contribution is -0.145. The van der Waals surface area contributed by atoms with Crippen molar-refractivity contribution in [2.24, 2.45) is 7.05 Å². The molecule has 4 rings (SSSR count). The molecule has 15 heteroatoms. The fraction of sp³-hybridized carbons (Fsp3) is 0.407. The highest BCUT2D eigenvalue weighted by Gasteiger charge is 2.34. The number of esters is 1. The zero-order chi connectivity index (χ0) is 30.4. The van der Waals surface area contributed by atoms with Crippen molar-refractivity contribution in [3.05, 3.63) is 63.3 Å². The van der Waals surface area contributed by atoms with E-state index in [0.29, 0.717) is 33.3 Å². The Morgan fingerprint density at radius 3 is 2.69 bits per heavy atom. The van der Waals surface area contributed by atoms with E-state index in [-0.39, 0.29) is 37.4 Å². The molecule has 1 aliphatic rings. The molecule has 0 saturated carbocycles. The number of thiophene rings is 1. The van der Waals surface area contributed by atoms with E-state index in [1.54, 1.807) is 31.5 Å². The number of aliphatic hydroxyl groups excluding tert-OH is 1. The van der Waals surface area contributed by atoms with Gasteiger partial charge < -0.3 is 24.6 Å². The van der Waals surface area contributed by atoms with Crippen LogP contribution in [0.1, 0.15) is 40.8 Å². The number of rotatable bonds is 13. The number of aliphatic hydroxyl groups is 1. The molecular weight excluding hydrogens is 606 g/mol. The number of benzene rings is 1. The molecule has 3 heterocycles. The Kier molecular flexibility index (Phi) is 10.4. The summed E-state index contributed by atoms with van der Waals surface area (Å²) in [7, 11) is -2.49. The van der Waals surface area contributed by atoms with Crippen molar-refractivity contribution in [1.29, 1.82) is 0 Å². The van der Waals surface area contributed by atoms with Crippen molar-refractivity contribution in [2.45, 2.75) is 49.6 Å². The lowest BCUT2D eigenvalue weighted by Gasteiger charge is -2.23. The highest BCUT2D eigenvalue weighted by atomic mass is 35.5. The second kappa shape index (κ2) is 13.8. The summed E-state index contributed by atoms with van der Waals surface area (Å²) in [6, 6.07) is 6.12. The number of sulfonamides is 1. The maximum atomic E-state index is 13.7. The number of hydrogen-bond acceptors (Lipinski definition) is 9. The first-order valence-electron chi connectivity index (χ1n) is 13.3. The first-order chi connectivity index (χ1) is 20.0. The molecule has 2 atom stereocenters. The Balaban J connectivity index is 1.52. The van der Waals surface area contributed by atoms with Crippen molar-refractivity contribution in [2.75, 3.05) is 24.6 Å². The van der Waals surface area contributed by atoms with Gasteiger partial charge >= 0.3 is 5.97 Å². The quantitative estimate of drug-likeness (QED) is 0.190. The minimum absolute atomic E-state index is 0.00743. The number of nitrogens with zero attached hydrogens (tertiary/aromatic N) is 3. The van der Waals surface area contributed by atoms with Crippen LogP contribution in [0.2, 0.25) is 4.34 Å². The number of halogens is 1. The van der Waals surface area contributed by atoms with Crippen molar-refractivity contribution >= 4 is 56.4 Å². The Morgan fingerprint density at radius 2 is 2.07 bits per heavy atom. The average molecular weight is 638 g/mol. The third kappa shape index (κ3) is 7.36. The molecule has 2 amide bonds. The van der Waals surface area contributed by atoms with Gasteiger partial charge in [-0.1, -0.05) is 24.6 Å². The van der Waals surface area contributed by atoms with Crippen LogP contribution in [0.25, 0.3) is 0 Å². The molecule has 3 aromatic rings. The van der Waals surface area contributed by atoms with Gasteiger partial charge in [0.2, 0.25) is 10.0 Å². The van der Waals surface area contributed by atoms with Gasteiger partial charge in [-0.15, -0.1) is 11.3 Å². The Labute approximate surface area is 252 Å². The summed E-state index contributed by atoms with van der Waals surface area (Å²) in [5, 5.41) is 12.5. The van der Waals surface area contributed by atoms with Gasteiger partial charge in [0, 0.05) is 51.1 Å². The van der Waals surface area contributed by atoms with E-state index in [0.717, 1.165) is 17.2 Å². The smallest absolute Gasteiger partial charge is 0.326 e. The highest BCUT2D eigenvalue weighted by molar-refractivity contribution is 7.89. The summed E-state index contributed by atoms with van der Waals surface area (Å²) in [6.07, 6.45) is 3.80. The number of ether oxygens (including phenoxy) is 1. The maximum absolute atomic E-state index is 13.7. The fourth-order valence-corrected chi connectivity index (χ4v) is 7.07. The van der Waals surface area contributed by atoms with E-state index in [1.807, 2.05) is 11.6 Å². The van der Waals surface area contributed by atoms with Crippen LogP contribution >= 0.6 is 22.9 Å². The molecule has 0 aliphatic carbocycles. The van der Waals surface area contributed by atoms with Crippen molar-refractivity contribution in [1.82, 2.24) is 19.6 Å². The van der Waals surface area contributed by atoms with E-state index in [1.165, 1.54) is 23.1 Å². The minimum atomic E-state index is -4.34. The number of nitrogens with one attached hydrogen (secondary N) is 2. The number of aryl methyl sites for hydroxylation is 2. The third-order valence-electron chi connectivity index (χ3n) is 6.78. The molecule has 1 aromatic carbocycles. The number of carbonyl (C=O) groups excluding carboxylic acids is 3. The predicted molar refractivity (Wildman–Crippen MR) is 157 cm³/mol. The molecule has 1 saturated heterocycles. The number of amides is 2. The Bertz CT molecular complexity index is 1560. The van der Waals surface area contributed by atoms with Crippen LogP contribution in [-0.4, -0.2) is 72.7 Å². The van der Waals surface area contributed by atoms with Crippen molar-refractivity contribution in [3.8, 4) is 0 Å². The average Bonchev–Trinajstić information content (AvgIpc) is 3.68. The van der Waals surface area contributed by atoms with Crippen LogP contribution in [0.3, 0.4) is 0 Å². The largest absolute Gasteiger partial charge is 0.464 e. The van der Waals surface area contributed by atoms with Gasteiger partial charge in [0.1, 0.15) is 18.0 Å². The van der Waals surface area contributed by atoms with Gasteiger partial charge in [0.25, 0.3) is 11.8 Å². The number of aromatic nitrogens is 2. The summed E-state index contributed by atoms with van der Waals surface area (Å²) < 4.78 is 37.4. The molecule has 0 bridgehead atoms. The number of hydrogen-bond donors (Lipinski definition) is 3. The van der Waals surface area contributed by atoms with Crippen LogP contribution in [-0.2, 0) is 44.2 Å². The fourth-order valence-electron chi connectivity index (χ4n) is 4.60. The van der Waals surface area contributed by atoms with Crippen LogP contribution in [0.5, 0.6) is 0 Å². The monoisotopic (exact) mass is 637 g/mol. The number of anilines is 1. The molecule has 226 valence electrons. The molecule has 0 radical (unpaired) electrons. The SMILES string of the molecule is CCc1c(N2CC[C@H](O)C2=O)cccc1S(=O)(=O)N[C@@H](CNC(=O)c1ccc(Cl)s1)C(=O)OCCCc1nccn1C. The van der Waals surface area contributed by atoms with Gasteiger partial charge in [-0.05, 0) is 42.7 Å². The lowest BCUT2D eigenvalue weighted by Crippen LogP contribution is -2.49. The van der Waals surface area contributed by atoms with Gasteiger partial charge in [-0.2, -0.15) is 4.72 Å². The van der Waals surface area contributed by atoms with Crippen LogP contribution in [0.4, 0.5) is 5.69 Å². The Morgan fingerprint density at radius 1 is 1.29 bits per heavy atom. The molecule has 3 N–H and O–H groups in total. The summed E-state index contributed by atoms with van der Waals surface area (Å²) in [5.74, 6) is -1.09. The summed E-state index contributed by atoms with van der Waals surface area (Å²) in [5.41, 5.74) is 0.727. The van der Waals surface area contributed by atoms with E-state index in [4.69, 9.17) is 16.3 Å². The first kappa shape index (κ1) is 31.6. The molecule has 1 fully saturated rings. The first-order valence-corrected chi connectivity index (χ1v) is 16.0. The van der Waals surface area contributed by atoms with Crippen LogP contribution < -0.4 is 14.9 Å². The van der Waals surface area contributed by atoms with E-state index in [2.05, 4.69) is 15.0 Å². The summed E-state index contributed by atoms with van der Waals surface area (Å²) in [6.45, 7) is 1.61. The van der Waals surface area contributed by atoms with Gasteiger partial charge in [-0.25, -0.2) is 13.4 Å². The van der Waals surface area contributed by atoms with E-state index < -0.39 is 40.0 Å². The van der Waals surface area contributed by atoms with Gasteiger partial charge in [0.15, 0.2) is 0 Å². The van der Waals surface area contributed by atoms with Crippen molar-refractivity contribution in [3.63, 3.8) is 0 Å². The maximum Gasteiger partial charge on any atom is 0.326 e. The normalized spacial score (nSPS) is 16.0. The standard InChI is InChI=1S/C27H32ClN5O7S2/c1-3-17-19(33-13-11-20(34)26(33)36)6-4-7-22(17)42(38,39)31-18(16-30-25(35)21-9-10-23(28)41-21)27(37)40-15-5-8-24-29-12-14-32(24)2/h4,6-7,9-10,12,14,18,20,31,34H,3,5,8,11,13,15-16H2,1-2H3,(H,30,35)/t18-,20-/m0/s1. The minimum Gasteiger partial charge on any atom is -0.464 e. The number of imidazole rings is 1. The van der Waals surface area contributed by atoms with Gasteiger partial charge in [-0.3, -0.25) is 14.4 Å². The van der Waals surface area contributed by atoms with Crippen LogP contribution in [0, 0.1) is 0 Å². The molecule has 0 unspecified atom stereocenters. The van der Waals surface area contributed by atoms with E-state index in [9.17, 15) is 27.9 Å². The predicted octanol–water partition coefficient (Wildman–Crippen LogP) is 2.05.